The van der Waals surface area contributed by atoms with Crippen LogP contribution in [0, 0.1) is 0 Å². The lowest BCUT2D eigenvalue weighted by Gasteiger charge is -2.07. The van der Waals surface area contributed by atoms with E-state index in [2.05, 4.69) is 39.9 Å². The van der Waals surface area contributed by atoms with E-state index in [4.69, 9.17) is 0 Å². The van der Waals surface area contributed by atoms with Crippen molar-refractivity contribution in [2.24, 2.45) is 0 Å². The Morgan fingerprint density at radius 3 is 3.00 bits per heavy atom. The van der Waals surface area contributed by atoms with Gasteiger partial charge in [-0.05, 0) is 40.4 Å². The minimum absolute atomic E-state index is 0.494. The summed E-state index contributed by atoms with van der Waals surface area (Å²) < 4.78 is 2.72. The third kappa shape index (κ3) is 1.54. The predicted octanol–water partition coefficient (Wildman–Crippen LogP) is 3.01. The first kappa shape index (κ1) is 9.65. The normalized spacial score (nSPS) is 13.4. The van der Waals surface area contributed by atoms with Gasteiger partial charge in [-0.2, -0.15) is 5.10 Å². The quantitative estimate of drug-likeness (QED) is 0.824. The van der Waals surface area contributed by atoms with Crippen molar-refractivity contribution < 1.29 is 0 Å². The van der Waals surface area contributed by atoms with Gasteiger partial charge in [0.05, 0.1) is 11.9 Å². The monoisotopic (exact) mass is 253 g/mol. The first-order valence-corrected chi connectivity index (χ1v) is 5.52. The average molecular weight is 254 g/mol. The molecule has 2 rings (SSSR count). The van der Waals surface area contributed by atoms with E-state index in [1.165, 1.54) is 0 Å². The third-order valence-corrected chi connectivity index (χ3v) is 3.00. The van der Waals surface area contributed by atoms with E-state index in [-0.39, 0.29) is 0 Å². The van der Waals surface area contributed by atoms with Crippen LogP contribution in [0.15, 0.2) is 22.9 Å². The topological polar surface area (TPSA) is 30.2 Å². The molecule has 0 radical (unpaired) electrons. The second-order valence-corrected chi connectivity index (χ2v) is 4.23. The number of nitrogens with zero attached hydrogens (tertiary/aromatic N) is 3. The van der Waals surface area contributed by atoms with Crippen LogP contribution in [-0.4, -0.2) is 14.6 Å². The Hall–Kier alpha value is -0.900. The highest BCUT2D eigenvalue weighted by atomic mass is 79.9. The van der Waals surface area contributed by atoms with Gasteiger partial charge < -0.3 is 0 Å². The maximum absolute atomic E-state index is 4.51. The number of fused-ring (bicyclic) bond motifs is 1. The van der Waals surface area contributed by atoms with Crippen molar-refractivity contribution in [3.8, 4) is 0 Å². The maximum Gasteiger partial charge on any atom is 0.154 e. The van der Waals surface area contributed by atoms with Crippen LogP contribution in [-0.2, 0) is 0 Å². The number of hydrogen-bond donors (Lipinski definition) is 0. The van der Waals surface area contributed by atoms with Gasteiger partial charge in [0.15, 0.2) is 5.65 Å². The molecule has 0 amide bonds. The van der Waals surface area contributed by atoms with Crippen LogP contribution >= 0.6 is 15.9 Å². The predicted molar refractivity (Wildman–Crippen MR) is 59.4 cm³/mol. The molecule has 0 aliphatic carbocycles. The van der Waals surface area contributed by atoms with E-state index < -0.39 is 0 Å². The fourth-order valence-corrected chi connectivity index (χ4v) is 1.69. The number of imidazole rings is 1. The fraction of sp³-hybridized carbons (Fsp3) is 0.400. The van der Waals surface area contributed by atoms with Crippen LogP contribution in [0.2, 0.25) is 0 Å². The summed E-state index contributed by atoms with van der Waals surface area (Å²) >= 11 is 3.41. The van der Waals surface area contributed by atoms with E-state index >= 15 is 0 Å². The van der Waals surface area contributed by atoms with Crippen molar-refractivity contribution in [3.63, 3.8) is 0 Å². The SMILES string of the molecule is CCC(C)c1ccc2ncc(Br)n2n1. The second-order valence-electron chi connectivity index (χ2n) is 3.42. The standard InChI is InChI=1S/C10H12BrN3/c1-3-7(2)8-4-5-10-12-6-9(11)14(10)13-8/h4-7H,3H2,1-2H3. The van der Waals surface area contributed by atoms with Gasteiger partial charge >= 0.3 is 0 Å². The molecule has 0 aromatic carbocycles. The van der Waals surface area contributed by atoms with Gasteiger partial charge in [-0.15, -0.1) is 0 Å². The van der Waals surface area contributed by atoms with E-state index in [1.54, 1.807) is 6.20 Å². The summed E-state index contributed by atoms with van der Waals surface area (Å²) in [7, 11) is 0. The molecule has 1 unspecified atom stereocenters. The molecule has 4 heteroatoms. The molecule has 14 heavy (non-hydrogen) atoms. The minimum atomic E-state index is 0.494. The highest BCUT2D eigenvalue weighted by molar-refractivity contribution is 9.10. The summed E-state index contributed by atoms with van der Waals surface area (Å²) in [6, 6.07) is 4.04. The lowest BCUT2D eigenvalue weighted by molar-refractivity contribution is 0.679. The zero-order valence-corrected chi connectivity index (χ0v) is 9.82. The highest BCUT2D eigenvalue weighted by Gasteiger charge is 2.07. The molecule has 0 saturated carbocycles. The molecule has 2 aromatic heterocycles. The lowest BCUT2D eigenvalue weighted by atomic mass is 10.1. The number of aromatic nitrogens is 3. The Balaban J connectivity index is 2.54. The fourth-order valence-electron chi connectivity index (χ4n) is 1.33. The Labute approximate surface area is 91.3 Å². The third-order valence-electron chi connectivity index (χ3n) is 2.46. The van der Waals surface area contributed by atoms with Crippen LogP contribution < -0.4 is 0 Å². The largest absolute Gasteiger partial charge is 0.234 e. The van der Waals surface area contributed by atoms with Gasteiger partial charge in [0, 0.05) is 0 Å². The van der Waals surface area contributed by atoms with Gasteiger partial charge in [-0.25, -0.2) is 9.50 Å². The van der Waals surface area contributed by atoms with Crippen LogP contribution in [0.5, 0.6) is 0 Å². The number of halogens is 1. The van der Waals surface area contributed by atoms with Gasteiger partial charge in [0.1, 0.15) is 4.60 Å². The van der Waals surface area contributed by atoms with Gasteiger partial charge in [-0.1, -0.05) is 13.8 Å². The molecule has 3 nitrogen and oxygen atoms in total. The minimum Gasteiger partial charge on any atom is -0.234 e. The van der Waals surface area contributed by atoms with Crippen LogP contribution in [0.1, 0.15) is 31.9 Å². The van der Waals surface area contributed by atoms with Crippen LogP contribution in [0.3, 0.4) is 0 Å². The van der Waals surface area contributed by atoms with Crippen LogP contribution in [0.25, 0.3) is 5.65 Å². The number of hydrogen-bond acceptors (Lipinski definition) is 2. The molecule has 74 valence electrons. The van der Waals surface area contributed by atoms with Crippen molar-refractivity contribution in [2.75, 3.05) is 0 Å². The zero-order chi connectivity index (χ0) is 10.1. The molecule has 0 aliphatic rings. The first-order chi connectivity index (χ1) is 6.72. The smallest absolute Gasteiger partial charge is 0.154 e. The van der Waals surface area contributed by atoms with Gasteiger partial charge in [0.2, 0.25) is 0 Å². The van der Waals surface area contributed by atoms with E-state index in [0.717, 1.165) is 22.4 Å². The van der Waals surface area contributed by atoms with Gasteiger partial charge in [0.25, 0.3) is 0 Å². The molecular weight excluding hydrogens is 242 g/mol. The van der Waals surface area contributed by atoms with Crippen molar-refractivity contribution in [1.82, 2.24) is 14.6 Å². The Kier molecular flexibility index (Phi) is 2.54. The molecule has 0 saturated heterocycles. The van der Waals surface area contributed by atoms with Crippen molar-refractivity contribution in [1.29, 1.82) is 0 Å². The molecule has 0 N–H and O–H groups in total. The number of rotatable bonds is 2. The van der Waals surface area contributed by atoms with Gasteiger partial charge in [-0.3, -0.25) is 0 Å². The second kappa shape index (κ2) is 3.69. The van der Waals surface area contributed by atoms with Crippen molar-refractivity contribution >= 4 is 21.6 Å². The summed E-state index contributed by atoms with van der Waals surface area (Å²) in [6.07, 6.45) is 2.87. The molecule has 2 aromatic rings. The van der Waals surface area contributed by atoms with Crippen LogP contribution in [0.4, 0.5) is 0 Å². The Morgan fingerprint density at radius 1 is 1.50 bits per heavy atom. The summed E-state index contributed by atoms with van der Waals surface area (Å²) in [6.45, 7) is 4.35. The molecule has 0 spiro atoms. The molecule has 1 atom stereocenters. The first-order valence-electron chi connectivity index (χ1n) is 4.72. The molecule has 0 aliphatic heterocycles. The summed E-state index contributed by atoms with van der Waals surface area (Å²) in [5, 5.41) is 4.51. The summed E-state index contributed by atoms with van der Waals surface area (Å²) in [5.41, 5.74) is 1.99. The summed E-state index contributed by atoms with van der Waals surface area (Å²) in [5.74, 6) is 0.494. The highest BCUT2D eigenvalue weighted by Crippen LogP contribution is 2.18. The molecule has 2 heterocycles. The molecule has 0 fully saturated rings. The Morgan fingerprint density at radius 2 is 2.29 bits per heavy atom. The van der Waals surface area contributed by atoms with E-state index in [1.807, 2.05) is 16.6 Å². The van der Waals surface area contributed by atoms with E-state index in [9.17, 15) is 0 Å². The van der Waals surface area contributed by atoms with Crippen molar-refractivity contribution in [3.05, 3.63) is 28.6 Å². The molecule has 0 bridgehead atoms. The Bertz CT molecular complexity index is 450. The lowest BCUT2D eigenvalue weighted by Crippen LogP contribution is -2.01. The van der Waals surface area contributed by atoms with Crippen molar-refractivity contribution in [2.45, 2.75) is 26.2 Å². The summed E-state index contributed by atoms with van der Waals surface area (Å²) in [4.78, 5) is 4.20. The molecular formula is C10H12BrN3. The van der Waals surface area contributed by atoms with E-state index in [0.29, 0.717) is 5.92 Å². The zero-order valence-electron chi connectivity index (χ0n) is 8.24. The average Bonchev–Trinajstić information content (AvgIpc) is 2.59. The maximum atomic E-state index is 4.51.